The molecule has 0 aromatic heterocycles. The van der Waals surface area contributed by atoms with Crippen LogP contribution in [-0.4, -0.2) is 49.7 Å². The zero-order chi connectivity index (χ0) is 10.6. The number of carboxylic acids is 2. The predicted octanol–water partition coefficient (Wildman–Crippen LogP) is -1.47. The first-order chi connectivity index (χ1) is 6.61. The van der Waals surface area contributed by atoms with Gasteiger partial charge >= 0.3 is 37.7 Å². The van der Waals surface area contributed by atoms with Crippen molar-refractivity contribution in [1.82, 2.24) is 0 Å². The third-order valence-corrected chi connectivity index (χ3v) is 2.13. The number of carboxylic acid groups (broad SMARTS) is 2. The molecule has 0 spiro atoms. The van der Waals surface area contributed by atoms with Gasteiger partial charge in [-0.05, 0) is 36.8 Å². The van der Waals surface area contributed by atoms with Gasteiger partial charge in [0.05, 0.1) is 11.9 Å². The van der Waals surface area contributed by atoms with E-state index in [4.69, 9.17) is 0 Å². The molecule has 0 aromatic rings. The van der Waals surface area contributed by atoms with E-state index in [1.165, 1.54) is 0 Å². The Morgan fingerprint density at radius 2 is 1.20 bits per heavy atom. The third-order valence-electron chi connectivity index (χ3n) is 2.13. The van der Waals surface area contributed by atoms with Crippen molar-refractivity contribution in [3.05, 3.63) is 23.3 Å². The van der Waals surface area contributed by atoms with Crippen molar-refractivity contribution in [3.8, 4) is 0 Å². The summed E-state index contributed by atoms with van der Waals surface area (Å²) in [6.45, 7) is 0. The number of aliphatic carboxylic acids is 2. The number of rotatable bonds is 2. The average Bonchev–Trinajstić information content (AvgIpc) is 1.74. The van der Waals surface area contributed by atoms with Gasteiger partial charge in [-0.3, -0.25) is 0 Å². The fourth-order valence-corrected chi connectivity index (χ4v) is 0.948. The second-order valence-corrected chi connectivity index (χ2v) is 3.11. The van der Waals surface area contributed by atoms with Gasteiger partial charge in [0.1, 0.15) is 0 Å². The zero-order valence-electron chi connectivity index (χ0n) is 8.32. The van der Waals surface area contributed by atoms with Crippen LogP contribution >= 0.6 is 0 Å². The summed E-state index contributed by atoms with van der Waals surface area (Å²) in [5.74, 6) is -2.02. The minimum atomic E-state index is -1.01. The molecule has 0 fully saturated rings. The number of allylic oxidation sites excluding steroid dienone is 2. The molecule has 5 heteroatoms. The molecule has 0 amide bonds. The Morgan fingerprint density at radius 3 is 1.20 bits per heavy atom. The molecule has 2 aliphatic rings. The van der Waals surface area contributed by atoms with Crippen molar-refractivity contribution in [3.63, 3.8) is 0 Å². The van der Waals surface area contributed by atoms with Crippen LogP contribution in [0.4, 0.5) is 0 Å². The summed E-state index contributed by atoms with van der Waals surface area (Å²) in [4.78, 5) is 19.6. The molecule has 0 aliphatic heterocycles. The first-order valence-corrected chi connectivity index (χ1v) is 4.42. The Bertz CT molecular complexity index is 285. The summed E-state index contributed by atoms with van der Waals surface area (Å²) in [7, 11) is 0. The average molecular weight is 234 g/mol. The van der Waals surface area contributed by atoms with Crippen molar-refractivity contribution >= 4 is 49.7 Å². The Kier molecular flexibility index (Phi) is 6.89. The summed E-state index contributed by atoms with van der Waals surface area (Å²) >= 11 is 0. The molecule has 0 bridgehead atoms. The quantitative estimate of drug-likeness (QED) is 0.546. The van der Waals surface area contributed by atoms with E-state index in [1.807, 2.05) is 0 Å². The molecule has 15 heavy (non-hydrogen) atoms. The van der Waals surface area contributed by atoms with Gasteiger partial charge in [-0.2, -0.15) is 0 Å². The van der Waals surface area contributed by atoms with Gasteiger partial charge in [0.15, 0.2) is 0 Å². The molecule has 0 unspecified atom stereocenters. The molecular weight excluding hydrogens is 224 g/mol. The van der Waals surface area contributed by atoms with E-state index in [2.05, 4.69) is 0 Å². The third kappa shape index (κ3) is 4.82. The van der Waals surface area contributed by atoms with Crippen molar-refractivity contribution in [2.75, 3.05) is 0 Å². The van der Waals surface area contributed by atoms with Crippen LogP contribution in [0.15, 0.2) is 23.3 Å². The minimum absolute atomic E-state index is 0. The van der Waals surface area contributed by atoms with Gasteiger partial charge in [-0.15, -0.1) is 0 Å². The Labute approximate surface area is 118 Å². The van der Waals surface area contributed by atoms with Crippen LogP contribution in [0.3, 0.4) is 0 Å². The normalized spacial score (nSPS) is 16.3. The summed E-state index contributed by atoms with van der Waals surface area (Å²) in [6.07, 6.45) is 6.56. The number of hydrogen-bond acceptors (Lipinski definition) is 4. The van der Waals surface area contributed by atoms with Crippen LogP contribution in [-0.2, 0) is 9.59 Å². The van der Waals surface area contributed by atoms with E-state index >= 15 is 0 Å². The maximum Gasteiger partial charge on any atom is 2.00 e. The van der Waals surface area contributed by atoms with E-state index in [-0.39, 0.29) is 37.7 Å². The summed E-state index contributed by atoms with van der Waals surface area (Å²) in [5, 5.41) is 19.6. The smallest absolute Gasteiger partial charge is 0.545 e. The molecule has 0 aromatic carbocycles. The van der Waals surface area contributed by atoms with Crippen LogP contribution in [0.5, 0.6) is 0 Å². The molecule has 0 saturated carbocycles. The summed E-state index contributed by atoms with van der Waals surface area (Å²) < 4.78 is 0. The van der Waals surface area contributed by atoms with E-state index in [9.17, 15) is 19.8 Å². The fraction of sp³-hybridized carbons (Fsp3) is 0.400. The van der Waals surface area contributed by atoms with E-state index in [0.717, 1.165) is 12.8 Å². The van der Waals surface area contributed by atoms with Gasteiger partial charge in [0.25, 0.3) is 0 Å². The Morgan fingerprint density at radius 1 is 0.933 bits per heavy atom. The number of carbonyl (C=O) groups excluding carboxylic acids is 2. The Balaban J connectivity index is 0.000000245. The Hall–Kier alpha value is -0.320. The van der Waals surface area contributed by atoms with E-state index in [1.54, 1.807) is 12.2 Å². The van der Waals surface area contributed by atoms with Gasteiger partial charge in [-0.1, -0.05) is 12.2 Å². The van der Waals surface area contributed by atoms with E-state index in [0.29, 0.717) is 24.0 Å². The van der Waals surface area contributed by atoms with Crippen molar-refractivity contribution in [2.24, 2.45) is 0 Å². The molecule has 0 N–H and O–H groups in total. The molecule has 2 aliphatic carbocycles. The second-order valence-electron chi connectivity index (χ2n) is 3.11. The van der Waals surface area contributed by atoms with Crippen LogP contribution in [0.25, 0.3) is 0 Å². The number of carbonyl (C=O) groups is 2. The van der Waals surface area contributed by atoms with Gasteiger partial charge < -0.3 is 19.8 Å². The molecule has 76 valence electrons. The maximum absolute atomic E-state index is 9.80. The molecule has 2 rings (SSSR count). The predicted molar refractivity (Wildman–Crippen MR) is 50.4 cm³/mol. The minimum Gasteiger partial charge on any atom is -0.545 e. The first kappa shape index (κ1) is 14.7. The summed E-state index contributed by atoms with van der Waals surface area (Å²) in [6, 6.07) is 0. The topological polar surface area (TPSA) is 80.3 Å². The van der Waals surface area contributed by atoms with Crippen LogP contribution in [0, 0.1) is 0 Å². The molecule has 0 heterocycles. The van der Waals surface area contributed by atoms with Gasteiger partial charge in [0, 0.05) is 0 Å². The molecular formula is C10H10CaO4. The van der Waals surface area contributed by atoms with Crippen molar-refractivity contribution in [2.45, 2.75) is 25.7 Å². The SMILES string of the molecule is O=C([O-])C1=CCC1.O=C([O-])C1=CCC1.[Ca+2]. The first-order valence-electron chi connectivity index (χ1n) is 4.42. The van der Waals surface area contributed by atoms with Crippen molar-refractivity contribution < 1.29 is 19.8 Å². The largest absolute Gasteiger partial charge is 2.00 e. The molecule has 0 radical (unpaired) electrons. The van der Waals surface area contributed by atoms with Crippen LogP contribution in [0.1, 0.15) is 25.7 Å². The van der Waals surface area contributed by atoms with Gasteiger partial charge in [-0.25, -0.2) is 0 Å². The maximum atomic E-state index is 9.80. The monoisotopic (exact) mass is 234 g/mol. The standard InChI is InChI=1S/2C5H6O2.Ca/c2*6-5(7)4-2-1-3-4;/h2*2H,1,3H2,(H,6,7);/q;;+2/p-2. The molecule has 4 nitrogen and oxygen atoms in total. The van der Waals surface area contributed by atoms with E-state index < -0.39 is 11.9 Å². The second kappa shape index (κ2) is 7.04. The molecule has 0 saturated heterocycles. The summed E-state index contributed by atoms with van der Waals surface area (Å²) in [5.41, 5.74) is 0.917. The number of hydrogen-bond donors (Lipinski definition) is 0. The fourth-order valence-electron chi connectivity index (χ4n) is 0.948. The molecule has 0 atom stereocenters. The van der Waals surface area contributed by atoms with Gasteiger partial charge in [0.2, 0.25) is 0 Å². The van der Waals surface area contributed by atoms with Crippen molar-refractivity contribution in [1.29, 1.82) is 0 Å². The van der Waals surface area contributed by atoms with Crippen LogP contribution in [0.2, 0.25) is 0 Å². The zero-order valence-corrected chi connectivity index (χ0v) is 10.5. The van der Waals surface area contributed by atoms with Crippen LogP contribution < -0.4 is 10.2 Å².